The van der Waals surface area contributed by atoms with Crippen LogP contribution in [0.3, 0.4) is 0 Å². The van der Waals surface area contributed by atoms with E-state index in [2.05, 4.69) is 21.7 Å². The van der Waals surface area contributed by atoms with Gasteiger partial charge in [-0.15, -0.1) is 0 Å². The van der Waals surface area contributed by atoms with E-state index in [4.69, 9.17) is 4.42 Å². The number of carbonyl (C=O) groups is 1. The van der Waals surface area contributed by atoms with Crippen LogP contribution in [-0.4, -0.2) is 16.9 Å². The molecule has 3 aromatic carbocycles. The molecular formula is C28H27N3O2. The van der Waals surface area contributed by atoms with E-state index in [1.807, 2.05) is 92.0 Å². The lowest BCUT2D eigenvalue weighted by Gasteiger charge is -2.21. The summed E-state index contributed by atoms with van der Waals surface area (Å²) in [5.41, 5.74) is 4.11. The first-order chi connectivity index (χ1) is 16.2. The molecule has 5 nitrogen and oxygen atoms in total. The number of H-pyrrole nitrogens is 1. The maximum Gasteiger partial charge on any atom is 0.237 e. The molecule has 0 saturated heterocycles. The molecule has 166 valence electrons. The zero-order valence-electron chi connectivity index (χ0n) is 18.5. The predicted octanol–water partition coefficient (Wildman–Crippen LogP) is 5.49. The highest BCUT2D eigenvalue weighted by Gasteiger charge is 2.22. The number of furan rings is 1. The number of nitrogens with one attached hydrogen (secondary N) is 3. The van der Waals surface area contributed by atoms with Gasteiger partial charge < -0.3 is 14.7 Å². The van der Waals surface area contributed by atoms with E-state index < -0.39 is 6.04 Å². The van der Waals surface area contributed by atoms with Crippen LogP contribution in [0.15, 0.2) is 95.5 Å². The molecule has 0 radical (unpaired) electrons. The summed E-state index contributed by atoms with van der Waals surface area (Å²) in [7, 11) is 0. The van der Waals surface area contributed by atoms with Gasteiger partial charge in [-0.25, -0.2) is 0 Å². The van der Waals surface area contributed by atoms with Crippen LogP contribution in [0.5, 0.6) is 0 Å². The van der Waals surface area contributed by atoms with Gasteiger partial charge in [0.2, 0.25) is 5.91 Å². The molecule has 0 bridgehead atoms. The number of amides is 1. The zero-order chi connectivity index (χ0) is 22.6. The fourth-order valence-electron chi connectivity index (χ4n) is 4.26. The molecule has 0 aliphatic rings. The Kier molecular flexibility index (Phi) is 5.96. The zero-order valence-corrected chi connectivity index (χ0v) is 18.5. The number of benzene rings is 3. The lowest BCUT2D eigenvalue weighted by Crippen LogP contribution is -2.46. The van der Waals surface area contributed by atoms with Crippen LogP contribution in [0.4, 0.5) is 0 Å². The Morgan fingerprint density at radius 1 is 0.970 bits per heavy atom. The predicted molar refractivity (Wildman–Crippen MR) is 132 cm³/mol. The van der Waals surface area contributed by atoms with Crippen molar-refractivity contribution in [3.8, 4) is 0 Å². The van der Waals surface area contributed by atoms with Gasteiger partial charge in [0.25, 0.3) is 0 Å². The Morgan fingerprint density at radius 3 is 2.58 bits per heavy atom. The van der Waals surface area contributed by atoms with Crippen molar-refractivity contribution in [3.63, 3.8) is 0 Å². The van der Waals surface area contributed by atoms with Crippen molar-refractivity contribution in [1.29, 1.82) is 0 Å². The number of aromatic nitrogens is 1. The van der Waals surface area contributed by atoms with Gasteiger partial charge in [-0.3, -0.25) is 10.1 Å². The van der Waals surface area contributed by atoms with Crippen LogP contribution < -0.4 is 10.6 Å². The fourth-order valence-corrected chi connectivity index (χ4v) is 4.26. The molecule has 0 fully saturated rings. The van der Waals surface area contributed by atoms with Crippen molar-refractivity contribution in [2.24, 2.45) is 0 Å². The quantitative estimate of drug-likeness (QED) is 0.301. The average Bonchev–Trinajstić information content (AvgIpc) is 3.46. The molecule has 0 spiro atoms. The third-order valence-corrected chi connectivity index (χ3v) is 6.07. The molecule has 33 heavy (non-hydrogen) atoms. The molecule has 5 rings (SSSR count). The molecule has 5 aromatic rings. The standard InChI is InChI=1S/C28H27N3O2/c1-19(20-9-3-2-4-10-20)31-28(32)26(16-22-17-29-25-13-7-6-12-24(22)25)30-18-23-15-21-11-5-8-14-27(21)33-23/h2-15,17,19,26,29-30H,16,18H2,1H3,(H,31,32). The van der Waals surface area contributed by atoms with Gasteiger partial charge in [0.05, 0.1) is 18.6 Å². The SMILES string of the molecule is CC(NC(=O)C(Cc1c[nH]c2ccccc12)NCc1cc2ccccc2o1)c1ccccc1. The van der Waals surface area contributed by atoms with Gasteiger partial charge in [-0.1, -0.05) is 66.7 Å². The average molecular weight is 438 g/mol. The van der Waals surface area contributed by atoms with E-state index in [1.54, 1.807) is 0 Å². The Bertz CT molecular complexity index is 1340. The molecule has 2 unspecified atom stereocenters. The van der Waals surface area contributed by atoms with Crippen molar-refractivity contribution in [3.05, 3.63) is 108 Å². The van der Waals surface area contributed by atoms with Gasteiger partial charge >= 0.3 is 0 Å². The fraction of sp³-hybridized carbons (Fsp3) is 0.179. The Morgan fingerprint density at radius 2 is 1.73 bits per heavy atom. The summed E-state index contributed by atoms with van der Waals surface area (Å²) >= 11 is 0. The topological polar surface area (TPSA) is 70.1 Å². The highest BCUT2D eigenvalue weighted by molar-refractivity contribution is 5.86. The van der Waals surface area contributed by atoms with Crippen molar-refractivity contribution < 1.29 is 9.21 Å². The second-order valence-corrected chi connectivity index (χ2v) is 8.39. The number of carbonyl (C=O) groups excluding carboxylic acids is 1. The Balaban J connectivity index is 1.36. The third kappa shape index (κ3) is 4.69. The number of hydrogen-bond acceptors (Lipinski definition) is 3. The molecule has 3 N–H and O–H groups in total. The van der Waals surface area contributed by atoms with Crippen LogP contribution in [-0.2, 0) is 17.8 Å². The normalized spacial score (nSPS) is 13.2. The second kappa shape index (κ2) is 9.35. The van der Waals surface area contributed by atoms with Crippen LogP contribution >= 0.6 is 0 Å². The van der Waals surface area contributed by atoms with E-state index in [0.717, 1.165) is 38.8 Å². The Hall–Kier alpha value is -3.83. The minimum atomic E-state index is -0.413. The smallest absolute Gasteiger partial charge is 0.237 e. The summed E-state index contributed by atoms with van der Waals surface area (Å²) in [5.74, 6) is 0.775. The largest absolute Gasteiger partial charge is 0.460 e. The number of aromatic amines is 1. The van der Waals surface area contributed by atoms with Crippen molar-refractivity contribution in [2.75, 3.05) is 0 Å². The van der Waals surface area contributed by atoms with Gasteiger partial charge in [0.15, 0.2) is 0 Å². The summed E-state index contributed by atoms with van der Waals surface area (Å²) in [6.07, 6.45) is 2.56. The highest BCUT2D eigenvalue weighted by Crippen LogP contribution is 2.21. The molecule has 1 amide bonds. The van der Waals surface area contributed by atoms with Gasteiger partial charge in [0, 0.05) is 22.5 Å². The van der Waals surface area contributed by atoms with E-state index in [-0.39, 0.29) is 11.9 Å². The van der Waals surface area contributed by atoms with Crippen LogP contribution in [0, 0.1) is 0 Å². The van der Waals surface area contributed by atoms with E-state index in [1.165, 1.54) is 0 Å². The third-order valence-electron chi connectivity index (χ3n) is 6.07. The number of para-hydroxylation sites is 2. The van der Waals surface area contributed by atoms with Crippen molar-refractivity contribution in [1.82, 2.24) is 15.6 Å². The van der Waals surface area contributed by atoms with Crippen LogP contribution in [0.1, 0.15) is 29.9 Å². The summed E-state index contributed by atoms with van der Waals surface area (Å²) < 4.78 is 5.95. The highest BCUT2D eigenvalue weighted by atomic mass is 16.3. The van der Waals surface area contributed by atoms with Gasteiger partial charge in [-0.2, -0.15) is 0 Å². The summed E-state index contributed by atoms with van der Waals surface area (Å²) in [5, 5.41) is 8.81. The molecular weight excluding hydrogens is 410 g/mol. The molecule has 2 heterocycles. The van der Waals surface area contributed by atoms with Crippen molar-refractivity contribution in [2.45, 2.75) is 32.0 Å². The van der Waals surface area contributed by atoms with Crippen molar-refractivity contribution >= 4 is 27.8 Å². The van der Waals surface area contributed by atoms with E-state index in [9.17, 15) is 4.79 Å². The molecule has 2 aromatic heterocycles. The maximum atomic E-state index is 13.4. The molecule has 0 saturated carbocycles. The molecule has 0 aliphatic heterocycles. The van der Waals surface area contributed by atoms with E-state index in [0.29, 0.717) is 13.0 Å². The molecule has 0 aliphatic carbocycles. The second-order valence-electron chi connectivity index (χ2n) is 8.39. The first-order valence-corrected chi connectivity index (χ1v) is 11.3. The first-order valence-electron chi connectivity index (χ1n) is 11.3. The van der Waals surface area contributed by atoms with Gasteiger partial charge in [-0.05, 0) is 42.7 Å². The number of hydrogen-bond donors (Lipinski definition) is 3. The molecule has 2 atom stereocenters. The number of rotatable bonds is 8. The molecule has 5 heteroatoms. The first kappa shape index (κ1) is 21.0. The summed E-state index contributed by atoms with van der Waals surface area (Å²) in [4.78, 5) is 16.7. The monoisotopic (exact) mass is 437 g/mol. The van der Waals surface area contributed by atoms with Crippen LogP contribution in [0.2, 0.25) is 0 Å². The minimum Gasteiger partial charge on any atom is -0.460 e. The maximum absolute atomic E-state index is 13.4. The van der Waals surface area contributed by atoms with E-state index >= 15 is 0 Å². The lowest BCUT2D eigenvalue weighted by molar-refractivity contribution is -0.123. The lowest BCUT2D eigenvalue weighted by atomic mass is 10.0. The minimum absolute atomic E-state index is 0.0345. The summed E-state index contributed by atoms with van der Waals surface area (Å²) in [6, 6.07) is 27.6. The number of fused-ring (bicyclic) bond motifs is 2. The summed E-state index contributed by atoms with van der Waals surface area (Å²) in [6.45, 7) is 2.48. The van der Waals surface area contributed by atoms with Crippen LogP contribution in [0.25, 0.3) is 21.9 Å². The Labute approximate surface area is 192 Å². The van der Waals surface area contributed by atoms with Gasteiger partial charge in [0.1, 0.15) is 11.3 Å².